The van der Waals surface area contributed by atoms with Gasteiger partial charge >= 0.3 is 0 Å². The van der Waals surface area contributed by atoms with E-state index < -0.39 is 0 Å². The first-order valence-electron chi connectivity index (χ1n) is 6.98. The molecular weight excluding hydrogens is 278 g/mol. The van der Waals surface area contributed by atoms with Gasteiger partial charge in [-0.2, -0.15) is 0 Å². The molecule has 1 aliphatic heterocycles. The minimum absolute atomic E-state index is 0.322. The molecule has 0 amide bonds. The summed E-state index contributed by atoms with van der Waals surface area (Å²) in [6, 6.07) is 3.83. The zero-order valence-corrected chi connectivity index (χ0v) is 12.8. The average molecular weight is 300 g/mol. The zero-order valence-electron chi connectivity index (χ0n) is 12.1. The minimum Gasteiger partial charge on any atom is -0.493 e. The SMILES string of the molecule is COc1ccc(CNCC2CCCCO2)c(Cl)c1OC. The van der Waals surface area contributed by atoms with Crippen LogP contribution in [-0.2, 0) is 11.3 Å². The van der Waals surface area contributed by atoms with Crippen molar-refractivity contribution in [2.45, 2.75) is 31.9 Å². The lowest BCUT2D eigenvalue weighted by Gasteiger charge is -2.23. The first kappa shape index (κ1) is 15.4. The summed E-state index contributed by atoms with van der Waals surface area (Å²) in [5.41, 5.74) is 1.00. The summed E-state index contributed by atoms with van der Waals surface area (Å²) in [5, 5.41) is 4.00. The van der Waals surface area contributed by atoms with Gasteiger partial charge in [-0.15, -0.1) is 0 Å². The number of rotatable bonds is 6. The van der Waals surface area contributed by atoms with Crippen LogP contribution in [0.2, 0.25) is 5.02 Å². The van der Waals surface area contributed by atoms with E-state index in [-0.39, 0.29) is 0 Å². The summed E-state index contributed by atoms with van der Waals surface area (Å²) < 4.78 is 16.2. The number of halogens is 1. The Morgan fingerprint density at radius 1 is 1.30 bits per heavy atom. The van der Waals surface area contributed by atoms with Gasteiger partial charge in [0.15, 0.2) is 11.5 Å². The molecule has 1 heterocycles. The fourth-order valence-corrected chi connectivity index (χ4v) is 2.70. The summed E-state index contributed by atoms with van der Waals surface area (Å²) in [6.45, 7) is 2.42. The maximum absolute atomic E-state index is 6.34. The lowest BCUT2D eigenvalue weighted by molar-refractivity contribution is 0.0168. The van der Waals surface area contributed by atoms with E-state index in [1.165, 1.54) is 12.8 Å². The van der Waals surface area contributed by atoms with Crippen LogP contribution in [0.4, 0.5) is 0 Å². The molecule has 4 nitrogen and oxygen atoms in total. The predicted molar refractivity (Wildman–Crippen MR) is 79.9 cm³/mol. The van der Waals surface area contributed by atoms with E-state index >= 15 is 0 Å². The Morgan fingerprint density at radius 3 is 2.80 bits per heavy atom. The number of benzene rings is 1. The highest BCUT2D eigenvalue weighted by Crippen LogP contribution is 2.37. The third-order valence-electron chi connectivity index (χ3n) is 3.53. The summed E-state index contributed by atoms with van der Waals surface area (Å²) in [7, 11) is 3.20. The molecule has 1 aromatic carbocycles. The van der Waals surface area contributed by atoms with Crippen LogP contribution in [0.1, 0.15) is 24.8 Å². The van der Waals surface area contributed by atoms with E-state index in [9.17, 15) is 0 Å². The van der Waals surface area contributed by atoms with Gasteiger partial charge in [-0.05, 0) is 30.9 Å². The minimum atomic E-state index is 0.322. The maximum atomic E-state index is 6.34. The third-order valence-corrected chi connectivity index (χ3v) is 3.94. The maximum Gasteiger partial charge on any atom is 0.179 e. The van der Waals surface area contributed by atoms with Crippen LogP contribution in [0.15, 0.2) is 12.1 Å². The van der Waals surface area contributed by atoms with Crippen molar-refractivity contribution in [2.75, 3.05) is 27.4 Å². The van der Waals surface area contributed by atoms with Crippen molar-refractivity contribution in [2.24, 2.45) is 0 Å². The van der Waals surface area contributed by atoms with E-state index in [0.717, 1.165) is 25.1 Å². The van der Waals surface area contributed by atoms with E-state index in [4.69, 9.17) is 25.8 Å². The summed E-state index contributed by atoms with van der Waals surface area (Å²) in [6.07, 6.45) is 3.89. The van der Waals surface area contributed by atoms with Gasteiger partial charge in [0.2, 0.25) is 0 Å². The van der Waals surface area contributed by atoms with Crippen LogP contribution in [0, 0.1) is 0 Å². The van der Waals surface area contributed by atoms with E-state index in [2.05, 4.69) is 5.32 Å². The fourth-order valence-electron chi connectivity index (χ4n) is 2.40. The monoisotopic (exact) mass is 299 g/mol. The Balaban J connectivity index is 1.92. The molecule has 112 valence electrons. The summed E-state index contributed by atoms with van der Waals surface area (Å²) in [5.74, 6) is 1.24. The highest BCUT2D eigenvalue weighted by molar-refractivity contribution is 6.33. The number of hydrogen-bond acceptors (Lipinski definition) is 4. The second-order valence-electron chi connectivity index (χ2n) is 4.89. The molecule has 1 fully saturated rings. The molecule has 1 aromatic rings. The molecular formula is C15H22ClNO3. The molecule has 0 radical (unpaired) electrons. The topological polar surface area (TPSA) is 39.7 Å². The molecule has 0 saturated carbocycles. The van der Waals surface area contributed by atoms with Gasteiger partial charge in [-0.25, -0.2) is 0 Å². The van der Waals surface area contributed by atoms with Crippen molar-refractivity contribution < 1.29 is 14.2 Å². The number of hydrogen-bond donors (Lipinski definition) is 1. The summed E-state index contributed by atoms with van der Waals surface area (Å²) in [4.78, 5) is 0. The predicted octanol–water partition coefficient (Wildman–Crippen LogP) is 3.02. The van der Waals surface area contributed by atoms with Crippen molar-refractivity contribution in [1.29, 1.82) is 0 Å². The van der Waals surface area contributed by atoms with E-state index in [0.29, 0.717) is 29.2 Å². The second kappa shape index (κ2) is 7.72. The number of ether oxygens (including phenoxy) is 3. The van der Waals surface area contributed by atoms with Crippen molar-refractivity contribution >= 4 is 11.6 Å². The second-order valence-corrected chi connectivity index (χ2v) is 5.27. The Labute approximate surface area is 125 Å². The Hall–Kier alpha value is -0.970. The lowest BCUT2D eigenvalue weighted by atomic mass is 10.1. The van der Waals surface area contributed by atoms with Gasteiger partial charge in [-0.1, -0.05) is 17.7 Å². The van der Waals surface area contributed by atoms with Crippen LogP contribution in [0.25, 0.3) is 0 Å². The van der Waals surface area contributed by atoms with Crippen LogP contribution in [0.3, 0.4) is 0 Å². The molecule has 1 aliphatic rings. The smallest absolute Gasteiger partial charge is 0.179 e. The molecule has 0 spiro atoms. The van der Waals surface area contributed by atoms with Gasteiger partial charge in [0, 0.05) is 19.7 Å². The fraction of sp³-hybridized carbons (Fsp3) is 0.600. The van der Waals surface area contributed by atoms with Gasteiger partial charge < -0.3 is 19.5 Å². The number of nitrogens with one attached hydrogen (secondary N) is 1. The molecule has 0 aliphatic carbocycles. The number of methoxy groups -OCH3 is 2. The van der Waals surface area contributed by atoms with E-state index in [1.807, 2.05) is 12.1 Å². The van der Waals surface area contributed by atoms with Crippen LogP contribution >= 0.6 is 11.6 Å². The Morgan fingerprint density at radius 2 is 2.15 bits per heavy atom. The molecule has 5 heteroatoms. The first-order chi connectivity index (χ1) is 9.76. The molecule has 0 bridgehead atoms. The molecule has 20 heavy (non-hydrogen) atoms. The van der Waals surface area contributed by atoms with Crippen molar-refractivity contribution in [3.8, 4) is 11.5 Å². The van der Waals surface area contributed by atoms with E-state index in [1.54, 1.807) is 14.2 Å². The standard InChI is InChI=1S/C15H22ClNO3/c1-18-13-7-6-11(14(16)15(13)19-2)9-17-10-12-5-3-4-8-20-12/h6-7,12,17H,3-5,8-10H2,1-2H3. The normalized spacial score (nSPS) is 18.9. The largest absolute Gasteiger partial charge is 0.493 e. The highest BCUT2D eigenvalue weighted by atomic mass is 35.5. The van der Waals surface area contributed by atoms with Crippen molar-refractivity contribution in [1.82, 2.24) is 5.32 Å². The molecule has 1 N–H and O–H groups in total. The van der Waals surface area contributed by atoms with Crippen molar-refractivity contribution in [3.05, 3.63) is 22.7 Å². The zero-order chi connectivity index (χ0) is 14.4. The first-order valence-corrected chi connectivity index (χ1v) is 7.35. The van der Waals surface area contributed by atoms with Crippen molar-refractivity contribution in [3.63, 3.8) is 0 Å². The molecule has 0 aromatic heterocycles. The quantitative estimate of drug-likeness (QED) is 0.876. The van der Waals surface area contributed by atoms with Gasteiger partial charge in [0.1, 0.15) is 0 Å². The molecule has 1 unspecified atom stereocenters. The van der Waals surface area contributed by atoms with Gasteiger partial charge in [-0.3, -0.25) is 0 Å². The van der Waals surface area contributed by atoms with Crippen LogP contribution < -0.4 is 14.8 Å². The Bertz CT molecular complexity index is 433. The molecule has 1 saturated heterocycles. The summed E-state index contributed by atoms with van der Waals surface area (Å²) >= 11 is 6.34. The molecule has 2 rings (SSSR count). The average Bonchev–Trinajstić information content (AvgIpc) is 2.49. The van der Waals surface area contributed by atoms with Gasteiger partial charge in [0.25, 0.3) is 0 Å². The third kappa shape index (κ3) is 3.78. The Kier molecular flexibility index (Phi) is 5.95. The van der Waals surface area contributed by atoms with Crippen LogP contribution in [0.5, 0.6) is 11.5 Å². The highest BCUT2D eigenvalue weighted by Gasteiger charge is 2.15. The van der Waals surface area contributed by atoms with Gasteiger partial charge in [0.05, 0.1) is 25.3 Å². The lowest BCUT2D eigenvalue weighted by Crippen LogP contribution is -2.31. The molecule has 1 atom stereocenters. The van der Waals surface area contributed by atoms with Crippen LogP contribution in [-0.4, -0.2) is 33.5 Å².